The van der Waals surface area contributed by atoms with E-state index in [1.165, 1.54) is 11.8 Å². The molecule has 3 aromatic rings. The second-order valence-corrected chi connectivity index (χ2v) is 6.33. The van der Waals surface area contributed by atoms with Gasteiger partial charge in [0.2, 0.25) is 0 Å². The minimum absolute atomic E-state index is 0.0987. The van der Waals surface area contributed by atoms with E-state index in [1.807, 2.05) is 48.7 Å². The lowest BCUT2D eigenvalue weighted by atomic mass is 10.3. The van der Waals surface area contributed by atoms with Crippen molar-refractivity contribution in [2.24, 2.45) is 0 Å². The molecule has 1 N–H and O–H groups in total. The predicted molar refractivity (Wildman–Crippen MR) is 100 cm³/mol. The number of amides is 1. The SMILES string of the molecule is CSc1ccccc1NC(=O)COC(=O)CCc1nc2ccccc2o1. The van der Waals surface area contributed by atoms with Crippen LogP contribution >= 0.6 is 11.8 Å². The number of carbonyl (C=O) groups is 2. The van der Waals surface area contributed by atoms with Crippen LogP contribution in [0.4, 0.5) is 5.69 Å². The molecule has 1 aromatic heterocycles. The van der Waals surface area contributed by atoms with E-state index in [2.05, 4.69) is 10.3 Å². The zero-order chi connectivity index (χ0) is 18.4. The van der Waals surface area contributed by atoms with Crippen molar-refractivity contribution in [3.8, 4) is 0 Å². The third-order valence-electron chi connectivity index (χ3n) is 3.63. The highest BCUT2D eigenvalue weighted by Gasteiger charge is 2.12. The molecule has 0 aliphatic carbocycles. The van der Waals surface area contributed by atoms with E-state index in [4.69, 9.17) is 9.15 Å². The third-order valence-corrected chi connectivity index (χ3v) is 4.42. The van der Waals surface area contributed by atoms with Crippen LogP contribution in [0.1, 0.15) is 12.3 Å². The molecule has 7 heteroatoms. The van der Waals surface area contributed by atoms with Crippen molar-refractivity contribution in [3.63, 3.8) is 0 Å². The fourth-order valence-electron chi connectivity index (χ4n) is 2.39. The molecular formula is C19H18N2O4S. The number of anilines is 1. The van der Waals surface area contributed by atoms with E-state index in [-0.39, 0.29) is 18.9 Å². The van der Waals surface area contributed by atoms with Crippen LogP contribution in [-0.4, -0.2) is 29.7 Å². The van der Waals surface area contributed by atoms with Crippen molar-refractivity contribution in [2.45, 2.75) is 17.7 Å². The Hall–Kier alpha value is -2.80. The number of oxazole rings is 1. The molecule has 0 saturated heterocycles. The van der Waals surface area contributed by atoms with E-state index in [1.54, 1.807) is 6.07 Å². The zero-order valence-corrected chi connectivity index (χ0v) is 15.0. The van der Waals surface area contributed by atoms with Crippen molar-refractivity contribution in [2.75, 3.05) is 18.2 Å². The van der Waals surface area contributed by atoms with Gasteiger partial charge in [-0.25, -0.2) is 4.98 Å². The number of nitrogens with zero attached hydrogens (tertiary/aromatic N) is 1. The lowest BCUT2D eigenvalue weighted by Crippen LogP contribution is -2.21. The van der Waals surface area contributed by atoms with Gasteiger partial charge in [0, 0.05) is 11.3 Å². The number of hydrogen-bond acceptors (Lipinski definition) is 6. The maximum absolute atomic E-state index is 11.9. The molecule has 1 heterocycles. The summed E-state index contributed by atoms with van der Waals surface area (Å²) in [5, 5.41) is 2.74. The maximum atomic E-state index is 11.9. The molecule has 26 heavy (non-hydrogen) atoms. The number of aryl methyl sites for hydroxylation is 1. The van der Waals surface area contributed by atoms with Gasteiger partial charge in [-0.1, -0.05) is 24.3 Å². The molecule has 0 bridgehead atoms. The highest BCUT2D eigenvalue weighted by atomic mass is 32.2. The highest BCUT2D eigenvalue weighted by molar-refractivity contribution is 7.98. The smallest absolute Gasteiger partial charge is 0.306 e. The highest BCUT2D eigenvalue weighted by Crippen LogP contribution is 2.24. The summed E-state index contributed by atoms with van der Waals surface area (Å²) in [5.74, 6) is -0.372. The van der Waals surface area contributed by atoms with Gasteiger partial charge < -0.3 is 14.5 Å². The Kier molecular flexibility index (Phi) is 5.91. The lowest BCUT2D eigenvalue weighted by Gasteiger charge is -2.09. The number of thioether (sulfide) groups is 1. The first-order valence-electron chi connectivity index (χ1n) is 8.08. The molecule has 0 aliphatic rings. The number of carbonyl (C=O) groups excluding carboxylic acids is 2. The van der Waals surface area contributed by atoms with E-state index in [9.17, 15) is 9.59 Å². The van der Waals surface area contributed by atoms with Crippen molar-refractivity contribution < 1.29 is 18.7 Å². The molecule has 0 atom stereocenters. The number of fused-ring (bicyclic) bond motifs is 1. The number of rotatable bonds is 7. The van der Waals surface area contributed by atoms with Crippen molar-refractivity contribution in [1.29, 1.82) is 0 Å². The standard InChI is InChI=1S/C19H18N2O4S/c1-26-16-9-5-3-7-14(16)20-17(22)12-24-19(23)11-10-18-21-13-6-2-4-8-15(13)25-18/h2-9H,10-12H2,1H3,(H,20,22). The molecule has 0 aliphatic heterocycles. The second-order valence-electron chi connectivity index (χ2n) is 5.48. The van der Waals surface area contributed by atoms with Crippen LogP contribution in [0.2, 0.25) is 0 Å². The first kappa shape index (κ1) is 18.0. The summed E-state index contributed by atoms with van der Waals surface area (Å²) in [6, 6.07) is 14.8. The summed E-state index contributed by atoms with van der Waals surface area (Å²) in [6.07, 6.45) is 2.35. The first-order chi connectivity index (χ1) is 12.7. The summed E-state index contributed by atoms with van der Waals surface area (Å²) >= 11 is 1.53. The number of esters is 1. The Morgan fingerprint density at radius 2 is 1.92 bits per heavy atom. The van der Waals surface area contributed by atoms with Crippen LogP contribution in [0, 0.1) is 0 Å². The van der Waals surface area contributed by atoms with Gasteiger partial charge in [0.1, 0.15) is 5.52 Å². The average Bonchev–Trinajstić information content (AvgIpc) is 3.08. The molecule has 0 saturated carbocycles. The minimum Gasteiger partial charge on any atom is -0.456 e. The lowest BCUT2D eigenvalue weighted by molar-refractivity contribution is -0.147. The molecule has 134 valence electrons. The largest absolute Gasteiger partial charge is 0.456 e. The number of aromatic nitrogens is 1. The monoisotopic (exact) mass is 370 g/mol. The number of hydrogen-bond donors (Lipinski definition) is 1. The molecule has 6 nitrogen and oxygen atoms in total. The van der Waals surface area contributed by atoms with Gasteiger partial charge in [0.05, 0.1) is 12.1 Å². The number of ether oxygens (including phenoxy) is 1. The van der Waals surface area contributed by atoms with E-state index >= 15 is 0 Å². The summed E-state index contributed by atoms with van der Waals surface area (Å²) in [6.45, 7) is -0.324. The van der Waals surface area contributed by atoms with E-state index in [0.29, 0.717) is 23.6 Å². The van der Waals surface area contributed by atoms with Crippen LogP contribution in [-0.2, 0) is 20.7 Å². The predicted octanol–water partition coefficient (Wildman–Crippen LogP) is 3.66. The fraction of sp³-hybridized carbons (Fsp3) is 0.211. The van der Waals surface area contributed by atoms with Crippen molar-refractivity contribution >= 4 is 40.4 Å². The Morgan fingerprint density at radius 1 is 1.15 bits per heavy atom. The molecule has 2 aromatic carbocycles. The number of para-hydroxylation sites is 3. The molecule has 1 amide bonds. The Morgan fingerprint density at radius 3 is 2.73 bits per heavy atom. The Labute approximate surface area is 154 Å². The Balaban J connectivity index is 1.45. The summed E-state index contributed by atoms with van der Waals surface area (Å²) < 4.78 is 10.6. The van der Waals surface area contributed by atoms with Crippen molar-refractivity contribution in [3.05, 3.63) is 54.4 Å². The number of benzene rings is 2. The van der Waals surface area contributed by atoms with Gasteiger partial charge in [-0.15, -0.1) is 11.8 Å². The van der Waals surface area contributed by atoms with Crippen molar-refractivity contribution in [1.82, 2.24) is 4.98 Å². The van der Waals surface area contributed by atoms with E-state index in [0.717, 1.165) is 10.4 Å². The maximum Gasteiger partial charge on any atom is 0.306 e. The first-order valence-corrected chi connectivity index (χ1v) is 9.31. The average molecular weight is 370 g/mol. The summed E-state index contributed by atoms with van der Waals surface area (Å²) in [7, 11) is 0. The van der Waals surface area contributed by atoms with E-state index < -0.39 is 5.97 Å². The van der Waals surface area contributed by atoms with Gasteiger partial charge in [0.15, 0.2) is 18.1 Å². The van der Waals surface area contributed by atoms with Crippen LogP contribution < -0.4 is 5.32 Å². The molecule has 0 spiro atoms. The van der Waals surface area contributed by atoms with Gasteiger partial charge in [-0.2, -0.15) is 0 Å². The topological polar surface area (TPSA) is 81.4 Å². The fourth-order valence-corrected chi connectivity index (χ4v) is 2.94. The quantitative estimate of drug-likeness (QED) is 0.505. The molecule has 3 rings (SSSR count). The van der Waals surface area contributed by atoms with Crippen LogP contribution in [0.3, 0.4) is 0 Å². The van der Waals surface area contributed by atoms with Crippen LogP contribution in [0.25, 0.3) is 11.1 Å². The third kappa shape index (κ3) is 4.64. The molecule has 0 fully saturated rings. The number of nitrogens with one attached hydrogen (secondary N) is 1. The van der Waals surface area contributed by atoms with Gasteiger partial charge in [-0.05, 0) is 30.5 Å². The zero-order valence-electron chi connectivity index (χ0n) is 14.2. The Bertz CT molecular complexity index is 890. The van der Waals surface area contributed by atoms with Gasteiger partial charge in [-0.3, -0.25) is 9.59 Å². The van der Waals surface area contributed by atoms with Crippen LogP contribution in [0.5, 0.6) is 0 Å². The molecule has 0 radical (unpaired) electrons. The molecular weight excluding hydrogens is 352 g/mol. The normalized spacial score (nSPS) is 10.7. The summed E-state index contributed by atoms with van der Waals surface area (Å²) in [4.78, 5) is 29.0. The van der Waals surface area contributed by atoms with Gasteiger partial charge in [0.25, 0.3) is 5.91 Å². The second kappa shape index (κ2) is 8.53. The molecule has 0 unspecified atom stereocenters. The van der Waals surface area contributed by atoms with Crippen LogP contribution in [0.15, 0.2) is 57.8 Å². The van der Waals surface area contributed by atoms with Gasteiger partial charge >= 0.3 is 5.97 Å². The minimum atomic E-state index is -0.472. The summed E-state index contributed by atoms with van der Waals surface area (Å²) in [5.41, 5.74) is 2.14.